The van der Waals surface area contributed by atoms with Crippen molar-refractivity contribution >= 4 is 5.91 Å². The van der Waals surface area contributed by atoms with E-state index in [1.807, 2.05) is 17.0 Å². The molecule has 0 aliphatic carbocycles. The Morgan fingerprint density at radius 1 is 1.24 bits per heavy atom. The van der Waals surface area contributed by atoms with Crippen LogP contribution in [0.25, 0.3) is 0 Å². The van der Waals surface area contributed by atoms with Crippen LogP contribution in [0.4, 0.5) is 0 Å². The Morgan fingerprint density at radius 2 is 1.95 bits per heavy atom. The van der Waals surface area contributed by atoms with Crippen LogP contribution in [-0.4, -0.2) is 60.6 Å². The molecule has 116 valence electrons. The molecule has 2 fully saturated rings. The molecule has 2 aliphatic heterocycles. The lowest BCUT2D eigenvalue weighted by atomic mass is 9.89. The van der Waals surface area contributed by atoms with E-state index in [0.29, 0.717) is 26.1 Å². The molecular formula is C15H23N3O3. The third kappa shape index (κ3) is 3.28. The quantitative estimate of drug-likeness (QED) is 0.875. The molecule has 0 unspecified atom stereocenters. The van der Waals surface area contributed by atoms with Crippen molar-refractivity contribution in [1.82, 2.24) is 9.80 Å². The van der Waals surface area contributed by atoms with Gasteiger partial charge in [-0.25, -0.2) is 0 Å². The van der Waals surface area contributed by atoms with E-state index < -0.39 is 5.54 Å². The molecule has 0 radical (unpaired) electrons. The summed E-state index contributed by atoms with van der Waals surface area (Å²) in [4.78, 5) is 16.8. The molecule has 6 heteroatoms. The van der Waals surface area contributed by atoms with Gasteiger partial charge in [0, 0.05) is 39.4 Å². The second-order valence-corrected chi connectivity index (χ2v) is 5.92. The van der Waals surface area contributed by atoms with Crippen molar-refractivity contribution < 1.29 is 13.9 Å². The van der Waals surface area contributed by atoms with Crippen molar-refractivity contribution in [3.63, 3.8) is 0 Å². The van der Waals surface area contributed by atoms with Crippen LogP contribution in [0, 0.1) is 0 Å². The number of nitrogens with zero attached hydrogens (tertiary/aromatic N) is 2. The van der Waals surface area contributed by atoms with Crippen LogP contribution in [0.1, 0.15) is 18.6 Å². The second kappa shape index (κ2) is 6.17. The zero-order valence-corrected chi connectivity index (χ0v) is 12.3. The van der Waals surface area contributed by atoms with Crippen molar-refractivity contribution in [3.8, 4) is 0 Å². The number of ether oxygens (including phenoxy) is 1. The van der Waals surface area contributed by atoms with Gasteiger partial charge in [0.05, 0.1) is 18.3 Å². The minimum absolute atomic E-state index is 0.0865. The van der Waals surface area contributed by atoms with E-state index in [0.717, 1.165) is 38.5 Å². The number of carbonyl (C=O) groups is 1. The molecule has 0 saturated carbocycles. The maximum absolute atomic E-state index is 12.6. The average Bonchev–Trinajstić information content (AvgIpc) is 3.01. The summed E-state index contributed by atoms with van der Waals surface area (Å²) in [5, 5.41) is 0. The third-order valence-electron chi connectivity index (χ3n) is 4.43. The van der Waals surface area contributed by atoms with Gasteiger partial charge in [-0.2, -0.15) is 0 Å². The topological polar surface area (TPSA) is 71.9 Å². The smallest absolute Gasteiger partial charge is 0.242 e. The van der Waals surface area contributed by atoms with E-state index in [1.54, 1.807) is 6.26 Å². The predicted molar refractivity (Wildman–Crippen MR) is 77.5 cm³/mol. The summed E-state index contributed by atoms with van der Waals surface area (Å²) in [6.07, 6.45) is 2.94. The fourth-order valence-electron chi connectivity index (χ4n) is 3.00. The number of nitrogens with two attached hydrogens (primary N) is 1. The third-order valence-corrected chi connectivity index (χ3v) is 4.43. The highest BCUT2D eigenvalue weighted by Crippen LogP contribution is 2.21. The van der Waals surface area contributed by atoms with Crippen molar-refractivity contribution in [1.29, 1.82) is 0 Å². The van der Waals surface area contributed by atoms with Crippen LogP contribution >= 0.6 is 0 Å². The van der Waals surface area contributed by atoms with Crippen molar-refractivity contribution in [2.45, 2.75) is 24.9 Å². The molecule has 1 aromatic heterocycles. The van der Waals surface area contributed by atoms with Crippen LogP contribution in [-0.2, 0) is 16.1 Å². The molecule has 21 heavy (non-hydrogen) atoms. The average molecular weight is 293 g/mol. The van der Waals surface area contributed by atoms with Crippen LogP contribution in [0.2, 0.25) is 0 Å². The summed E-state index contributed by atoms with van der Waals surface area (Å²) in [7, 11) is 0. The molecule has 1 aromatic rings. The largest absolute Gasteiger partial charge is 0.468 e. The molecule has 1 amide bonds. The molecule has 6 nitrogen and oxygen atoms in total. The molecule has 0 spiro atoms. The molecule has 3 heterocycles. The predicted octanol–water partition coefficient (Wildman–Crippen LogP) is 0.432. The van der Waals surface area contributed by atoms with Gasteiger partial charge in [0.25, 0.3) is 0 Å². The maximum Gasteiger partial charge on any atom is 0.242 e. The monoisotopic (exact) mass is 293 g/mol. The van der Waals surface area contributed by atoms with E-state index in [4.69, 9.17) is 14.9 Å². The summed E-state index contributed by atoms with van der Waals surface area (Å²) in [6, 6.07) is 3.88. The number of hydrogen-bond acceptors (Lipinski definition) is 5. The summed E-state index contributed by atoms with van der Waals surface area (Å²) >= 11 is 0. The van der Waals surface area contributed by atoms with Gasteiger partial charge in [0.15, 0.2) is 0 Å². The molecule has 2 aliphatic rings. The number of rotatable bonds is 3. The van der Waals surface area contributed by atoms with Gasteiger partial charge in [0.2, 0.25) is 5.91 Å². The van der Waals surface area contributed by atoms with Gasteiger partial charge in [0.1, 0.15) is 5.76 Å². The first kappa shape index (κ1) is 14.6. The first-order valence-corrected chi connectivity index (χ1v) is 7.58. The second-order valence-electron chi connectivity index (χ2n) is 5.92. The molecule has 0 atom stereocenters. The van der Waals surface area contributed by atoms with Gasteiger partial charge < -0.3 is 19.8 Å². The maximum atomic E-state index is 12.6. The van der Waals surface area contributed by atoms with Crippen LogP contribution in [0.3, 0.4) is 0 Å². The Morgan fingerprint density at radius 3 is 2.57 bits per heavy atom. The lowest BCUT2D eigenvalue weighted by Gasteiger charge is -2.40. The first-order valence-electron chi connectivity index (χ1n) is 7.58. The van der Waals surface area contributed by atoms with Gasteiger partial charge >= 0.3 is 0 Å². The number of hydrogen-bond donors (Lipinski definition) is 1. The van der Waals surface area contributed by atoms with Crippen LogP contribution in [0.15, 0.2) is 22.8 Å². The Labute approximate surface area is 124 Å². The van der Waals surface area contributed by atoms with E-state index in [9.17, 15) is 4.79 Å². The lowest BCUT2D eigenvalue weighted by Crippen LogP contribution is -2.61. The number of furan rings is 1. The molecule has 0 aromatic carbocycles. The number of carbonyl (C=O) groups excluding carboxylic acids is 1. The van der Waals surface area contributed by atoms with E-state index in [2.05, 4.69) is 4.90 Å². The van der Waals surface area contributed by atoms with E-state index in [1.165, 1.54) is 0 Å². The standard InChI is InChI=1S/C15H23N3O3/c16-15(3-10-20-11-4-15)14(19)18-7-5-17(6-8-18)12-13-2-1-9-21-13/h1-2,9H,3-8,10-12,16H2. The highest BCUT2D eigenvalue weighted by molar-refractivity contribution is 5.86. The Bertz CT molecular complexity index is 461. The fraction of sp³-hybridized carbons (Fsp3) is 0.667. The van der Waals surface area contributed by atoms with Crippen molar-refractivity contribution in [2.75, 3.05) is 39.4 Å². The van der Waals surface area contributed by atoms with Crippen molar-refractivity contribution in [2.24, 2.45) is 5.73 Å². The molecule has 3 rings (SSSR count). The Kier molecular flexibility index (Phi) is 4.28. The number of amides is 1. The van der Waals surface area contributed by atoms with E-state index in [-0.39, 0.29) is 5.91 Å². The molecule has 2 N–H and O–H groups in total. The van der Waals surface area contributed by atoms with Gasteiger partial charge in [-0.1, -0.05) is 0 Å². The van der Waals surface area contributed by atoms with Crippen LogP contribution < -0.4 is 5.73 Å². The highest BCUT2D eigenvalue weighted by Gasteiger charge is 2.39. The SMILES string of the molecule is NC1(C(=O)N2CCN(Cc3ccco3)CC2)CCOCC1. The summed E-state index contributed by atoms with van der Waals surface area (Å²) < 4.78 is 10.7. The normalized spacial score (nSPS) is 23.2. The van der Waals surface area contributed by atoms with Gasteiger partial charge in [-0.3, -0.25) is 9.69 Å². The fourth-order valence-corrected chi connectivity index (χ4v) is 3.00. The zero-order valence-electron chi connectivity index (χ0n) is 12.3. The Hall–Kier alpha value is -1.37. The molecular weight excluding hydrogens is 270 g/mol. The molecule has 2 saturated heterocycles. The number of piperazine rings is 1. The lowest BCUT2D eigenvalue weighted by molar-refractivity contribution is -0.142. The van der Waals surface area contributed by atoms with Crippen LogP contribution in [0.5, 0.6) is 0 Å². The van der Waals surface area contributed by atoms with E-state index >= 15 is 0 Å². The Balaban J connectivity index is 1.52. The minimum Gasteiger partial charge on any atom is -0.468 e. The zero-order chi connectivity index (χ0) is 14.7. The first-order chi connectivity index (χ1) is 10.2. The summed E-state index contributed by atoms with van der Waals surface area (Å²) in [5.74, 6) is 1.05. The summed E-state index contributed by atoms with van der Waals surface area (Å²) in [5.41, 5.74) is 5.56. The van der Waals surface area contributed by atoms with Gasteiger partial charge in [-0.15, -0.1) is 0 Å². The van der Waals surface area contributed by atoms with Crippen molar-refractivity contribution in [3.05, 3.63) is 24.2 Å². The highest BCUT2D eigenvalue weighted by atomic mass is 16.5. The summed E-state index contributed by atoms with van der Waals surface area (Å²) in [6.45, 7) is 5.16. The minimum atomic E-state index is -0.721. The molecule has 0 bridgehead atoms. The van der Waals surface area contributed by atoms with Gasteiger partial charge in [-0.05, 0) is 25.0 Å².